The molecule has 0 saturated heterocycles. The molecule has 2 atom stereocenters. The average molecular weight is 267 g/mol. The second kappa shape index (κ2) is 5.43. The SMILES string of the molecule is NCc1ccc(C(=O)NC2CC2c2ccccc2)nc1. The summed E-state index contributed by atoms with van der Waals surface area (Å²) in [6.45, 7) is 0.438. The number of rotatable bonds is 4. The Balaban J connectivity index is 1.60. The fraction of sp³-hybridized carbons (Fsp3) is 0.250. The van der Waals surface area contributed by atoms with Gasteiger partial charge in [-0.15, -0.1) is 0 Å². The van der Waals surface area contributed by atoms with Gasteiger partial charge < -0.3 is 11.1 Å². The number of nitrogens with one attached hydrogen (secondary N) is 1. The molecule has 2 aromatic rings. The first kappa shape index (κ1) is 12.8. The summed E-state index contributed by atoms with van der Waals surface area (Å²) in [7, 11) is 0. The van der Waals surface area contributed by atoms with Crippen LogP contribution in [-0.4, -0.2) is 16.9 Å². The Morgan fingerprint density at radius 1 is 1.25 bits per heavy atom. The lowest BCUT2D eigenvalue weighted by atomic mass is 10.1. The summed E-state index contributed by atoms with van der Waals surface area (Å²) in [5.74, 6) is 0.320. The Hall–Kier alpha value is -2.20. The summed E-state index contributed by atoms with van der Waals surface area (Å²) >= 11 is 0. The molecule has 1 aromatic heterocycles. The molecule has 1 aliphatic rings. The number of amides is 1. The molecule has 1 amide bonds. The van der Waals surface area contributed by atoms with E-state index in [4.69, 9.17) is 5.73 Å². The summed E-state index contributed by atoms with van der Waals surface area (Å²) in [5.41, 5.74) is 8.16. The first-order valence-electron chi connectivity index (χ1n) is 6.78. The Bertz CT molecular complexity index is 595. The minimum absolute atomic E-state index is 0.114. The van der Waals surface area contributed by atoms with E-state index in [9.17, 15) is 4.79 Å². The van der Waals surface area contributed by atoms with E-state index in [1.165, 1.54) is 5.56 Å². The maximum absolute atomic E-state index is 12.1. The minimum Gasteiger partial charge on any atom is -0.347 e. The molecule has 0 spiro atoms. The molecule has 3 N–H and O–H groups in total. The lowest BCUT2D eigenvalue weighted by Gasteiger charge is -2.05. The molecule has 3 rings (SSSR count). The number of hydrogen-bond acceptors (Lipinski definition) is 3. The highest BCUT2D eigenvalue weighted by molar-refractivity contribution is 5.92. The van der Waals surface area contributed by atoms with Crippen molar-refractivity contribution in [3.05, 3.63) is 65.5 Å². The van der Waals surface area contributed by atoms with Crippen LogP contribution in [0.5, 0.6) is 0 Å². The summed E-state index contributed by atoms with van der Waals surface area (Å²) < 4.78 is 0. The van der Waals surface area contributed by atoms with Gasteiger partial charge in [0.05, 0.1) is 0 Å². The third-order valence-corrected chi connectivity index (χ3v) is 3.63. The standard InChI is InChI=1S/C16H17N3O/c17-9-11-6-7-14(18-10-11)16(20)19-15-8-13(15)12-4-2-1-3-5-12/h1-7,10,13,15H,8-9,17H2,(H,19,20). The Kier molecular flexibility index (Phi) is 3.48. The number of hydrogen-bond donors (Lipinski definition) is 2. The largest absolute Gasteiger partial charge is 0.347 e. The van der Waals surface area contributed by atoms with Gasteiger partial charge >= 0.3 is 0 Å². The zero-order valence-electron chi connectivity index (χ0n) is 11.1. The fourth-order valence-corrected chi connectivity index (χ4v) is 2.35. The van der Waals surface area contributed by atoms with Crippen LogP contribution in [0, 0.1) is 0 Å². The van der Waals surface area contributed by atoms with E-state index in [0.29, 0.717) is 18.2 Å². The van der Waals surface area contributed by atoms with Crippen LogP contribution in [-0.2, 0) is 6.54 Å². The highest BCUT2D eigenvalue weighted by Gasteiger charge is 2.39. The summed E-state index contributed by atoms with van der Waals surface area (Å²) in [5, 5.41) is 3.02. The van der Waals surface area contributed by atoms with Gasteiger partial charge in [-0.2, -0.15) is 0 Å². The topological polar surface area (TPSA) is 68.0 Å². The van der Waals surface area contributed by atoms with Gasteiger partial charge in [0, 0.05) is 24.7 Å². The van der Waals surface area contributed by atoms with Crippen molar-refractivity contribution in [1.82, 2.24) is 10.3 Å². The monoisotopic (exact) mass is 267 g/mol. The van der Waals surface area contributed by atoms with Gasteiger partial charge in [-0.05, 0) is 23.6 Å². The van der Waals surface area contributed by atoms with Crippen LogP contribution in [0.2, 0.25) is 0 Å². The van der Waals surface area contributed by atoms with Gasteiger partial charge in [-0.1, -0.05) is 36.4 Å². The third-order valence-electron chi connectivity index (χ3n) is 3.63. The quantitative estimate of drug-likeness (QED) is 0.888. The van der Waals surface area contributed by atoms with Crippen molar-refractivity contribution in [2.24, 2.45) is 5.73 Å². The lowest BCUT2D eigenvalue weighted by molar-refractivity contribution is 0.0945. The molecule has 1 aromatic carbocycles. The van der Waals surface area contributed by atoms with E-state index in [-0.39, 0.29) is 11.9 Å². The van der Waals surface area contributed by atoms with Crippen molar-refractivity contribution in [1.29, 1.82) is 0 Å². The van der Waals surface area contributed by atoms with Gasteiger partial charge in [0.1, 0.15) is 5.69 Å². The lowest BCUT2D eigenvalue weighted by Crippen LogP contribution is -2.27. The molecule has 102 valence electrons. The van der Waals surface area contributed by atoms with Crippen molar-refractivity contribution >= 4 is 5.91 Å². The molecule has 0 radical (unpaired) electrons. The number of nitrogens with zero attached hydrogens (tertiary/aromatic N) is 1. The van der Waals surface area contributed by atoms with Crippen LogP contribution in [0.3, 0.4) is 0 Å². The molecule has 1 aliphatic carbocycles. The molecular formula is C16H17N3O. The van der Waals surface area contributed by atoms with E-state index < -0.39 is 0 Å². The van der Waals surface area contributed by atoms with Crippen molar-refractivity contribution in [2.75, 3.05) is 0 Å². The number of aromatic nitrogens is 1. The van der Waals surface area contributed by atoms with Gasteiger partial charge in [0.25, 0.3) is 5.91 Å². The van der Waals surface area contributed by atoms with Crippen LogP contribution in [0.15, 0.2) is 48.7 Å². The van der Waals surface area contributed by atoms with Crippen LogP contribution in [0.25, 0.3) is 0 Å². The van der Waals surface area contributed by atoms with Gasteiger partial charge in [0.2, 0.25) is 0 Å². The number of benzene rings is 1. The second-order valence-electron chi connectivity index (χ2n) is 5.09. The molecule has 1 heterocycles. The molecule has 1 fully saturated rings. The van der Waals surface area contributed by atoms with Crippen LogP contribution in [0.4, 0.5) is 0 Å². The average Bonchev–Trinajstić information content (AvgIpc) is 3.27. The Labute approximate surface area is 118 Å². The van der Waals surface area contributed by atoms with Gasteiger partial charge in [-0.3, -0.25) is 9.78 Å². The number of carbonyl (C=O) groups is 1. The highest BCUT2D eigenvalue weighted by atomic mass is 16.2. The van der Waals surface area contributed by atoms with Crippen molar-refractivity contribution < 1.29 is 4.79 Å². The van der Waals surface area contributed by atoms with E-state index in [1.807, 2.05) is 24.3 Å². The molecule has 4 heteroatoms. The van der Waals surface area contributed by atoms with E-state index in [0.717, 1.165) is 12.0 Å². The highest BCUT2D eigenvalue weighted by Crippen LogP contribution is 2.40. The normalized spacial score (nSPS) is 20.4. The van der Waals surface area contributed by atoms with Crippen molar-refractivity contribution in [3.63, 3.8) is 0 Å². The fourth-order valence-electron chi connectivity index (χ4n) is 2.35. The third kappa shape index (κ3) is 2.70. The molecule has 1 saturated carbocycles. The van der Waals surface area contributed by atoms with Crippen molar-refractivity contribution in [2.45, 2.75) is 24.9 Å². The van der Waals surface area contributed by atoms with Crippen LogP contribution >= 0.6 is 0 Å². The number of pyridine rings is 1. The molecular weight excluding hydrogens is 250 g/mol. The summed E-state index contributed by atoms with van der Waals surface area (Å²) in [4.78, 5) is 16.2. The van der Waals surface area contributed by atoms with E-state index >= 15 is 0 Å². The zero-order valence-corrected chi connectivity index (χ0v) is 11.1. The predicted octanol–water partition coefficient (Wildman–Crippen LogP) is 1.83. The zero-order chi connectivity index (χ0) is 13.9. The van der Waals surface area contributed by atoms with Crippen LogP contribution in [0.1, 0.15) is 34.0 Å². The summed E-state index contributed by atoms with van der Waals surface area (Å²) in [6.07, 6.45) is 2.65. The second-order valence-corrected chi connectivity index (χ2v) is 5.09. The number of carbonyl (C=O) groups excluding carboxylic acids is 1. The van der Waals surface area contributed by atoms with E-state index in [1.54, 1.807) is 12.3 Å². The first-order valence-corrected chi connectivity index (χ1v) is 6.78. The van der Waals surface area contributed by atoms with Gasteiger partial charge in [0.15, 0.2) is 0 Å². The van der Waals surface area contributed by atoms with Gasteiger partial charge in [-0.25, -0.2) is 0 Å². The maximum atomic E-state index is 12.1. The number of nitrogens with two attached hydrogens (primary N) is 1. The van der Waals surface area contributed by atoms with Crippen LogP contribution < -0.4 is 11.1 Å². The van der Waals surface area contributed by atoms with E-state index in [2.05, 4.69) is 22.4 Å². The molecule has 4 nitrogen and oxygen atoms in total. The molecule has 0 bridgehead atoms. The Morgan fingerprint density at radius 2 is 2.05 bits per heavy atom. The minimum atomic E-state index is -0.114. The smallest absolute Gasteiger partial charge is 0.270 e. The maximum Gasteiger partial charge on any atom is 0.270 e. The predicted molar refractivity (Wildman–Crippen MR) is 77.2 cm³/mol. The first-order chi connectivity index (χ1) is 9.78. The van der Waals surface area contributed by atoms with Crippen molar-refractivity contribution in [3.8, 4) is 0 Å². The molecule has 20 heavy (non-hydrogen) atoms. The molecule has 2 unspecified atom stereocenters. The Morgan fingerprint density at radius 3 is 2.70 bits per heavy atom. The molecule has 0 aliphatic heterocycles. The summed E-state index contributed by atoms with van der Waals surface area (Å²) in [6, 6.07) is 14.0.